The van der Waals surface area contributed by atoms with Crippen molar-refractivity contribution in [3.63, 3.8) is 0 Å². The van der Waals surface area contributed by atoms with Gasteiger partial charge in [-0.2, -0.15) is 0 Å². The first-order valence-electron chi connectivity index (χ1n) is 8.39. The van der Waals surface area contributed by atoms with Gasteiger partial charge in [0, 0.05) is 6.42 Å². The van der Waals surface area contributed by atoms with Gasteiger partial charge in [-0.05, 0) is 36.1 Å². The van der Waals surface area contributed by atoms with Crippen molar-refractivity contribution >= 4 is 17.6 Å². The average molecular weight is 341 g/mol. The molecule has 0 bridgehead atoms. The Kier molecular flexibility index (Phi) is 7.01. The van der Waals surface area contributed by atoms with Crippen LogP contribution in [-0.2, 0) is 22.4 Å². The first kappa shape index (κ1) is 18.5. The molecule has 0 unspecified atom stereocenters. The number of carboxylic acid groups (broad SMARTS) is 1. The third-order valence-corrected chi connectivity index (χ3v) is 3.61. The zero-order valence-corrected chi connectivity index (χ0v) is 14.3. The van der Waals surface area contributed by atoms with Crippen LogP contribution in [0.3, 0.4) is 0 Å². The maximum atomic E-state index is 12.3. The molecule has 0 aliphatic heterocycles. The van der Waals surface area contributed by atoms with Crippen LogP contribution in [0.5, 0.6) is 5.75 Å². The molecule has 2 aromatic carbocycles. The largest absolute Gasteiger partial charge is 0.491 e. The van der Waals surface area contributed by atoms with Gasteiger partial charge in [-0.1, -0.05) is 43.3 Å². The molecule has 0 aliphatic carbocycles. The standard InChI is InChI=1S/C20H23NO4/c1-2-12-25-18-10-8-16(9-11-20(23)24)13-17(18)21-19(22)14-15-6-4-3-5-7-15/h3-8,10,13H,2,9,11-12,14H2,1H3,(H,21,22)(H,23,24). The summed E-state index contributed by atoms with van der Waals surface area (Å²) in [5.74, 6) is -0.383. The molecule has 0 saturated heterocycles. The number of hydrogen-bond acceptors (Lipinski definition) is 3. The molecule has 0 saturated carbocycles. The molecule has 0 spiro atoms. The van der Waals surface area contributed by atoms with Crippen molar-refractivity contribution in [1.29, 1.82) is 0 Å². The number of carbonyl (C=O) groups is 2. The van der Waals surface area contributed by atoms with E-state index in [1.165, 1.54) is 0 Å². The van der Waals surface area contributed by atoms with Gasteiger partial charge in [0.05, 0.1) is 18.7 Å². The van der Waals surface area contributed by atoms with E-state index < -0.39 is 5.97 Å². The van der Waals surface area contributed by atoms with E-state index in [-0.39, 0.29) is 18.7 Å². The fourth-order valence-corrected chi connectivity index (χ4v) is 2.40. The normalized spacial score (nSPS) is 10.3. The Hall–Kier alpha value is -2.82. The molecule has 5 heteroatoms. The summed E-state index contributed by atoms with van der Waals surface area (Å²) in [6.07, 6.45) is 1.59. The molecule has 25 heavy (non-hydrogen) atoms. The zero-order valence-electron chi connectivity index (χ0n) is 14.3. The van der Waals surface area contributed by atoms with Crippen LogP contribution >= 0.6 is 0 Å². The summed E-state index contributed by atoms with van der Waals surface area (Å²) in [4.78, 5) is 23.1. The summed E-state index contributed by atoms with van der Waals surface area (Å²) in [6, 6.07) is 14.9. The number of ether oxygens (including phenoxy) is 1. The van der Waals surface area contributed by atoms with E-state index in [1.54, 1.807) is 12.1 Å². The minimum Gasteiger partial charge on any atom is -0.491 e. The third kappa shape index (κ3) is 6.30. The van der Waals surface area contributed by atoms with Gasteiger partial charge in [-0.25, -0.2) is 0 Å². The molecule has 0 heterocycles. The topological polar surface area (TPSA) is 75.6 Å². The lowest BCUT2D eigenvalue weighted by Gasteiger charge is -2.14. The van der Waals surface area contributed by atoms with E-state index >= 15 is 0 Å². The van der Waals surface area contributed by atoms with Crippen molar-refractivity contribution in [1.82, 2.24) is 0 Å². The Bertz CT molecular complexity index is 713. The zero-order chi connectivity index (χ0) is 18.1. The summed E-state index contributed by atoms with van der Waals surface area (Å²) in [5, 5.41) is 11.7. The van der Waals surface area contributed by atoms with Crippen LogP contribution in [0.4, 0.5) is 5.69 Å². The van der Waals surface area contributed by atoms with Gasteiger partial charge >= 0.3 is 5.97 Å². The molecule has 0 radical (unpaired) electrons. The van der Waals surface area contributed by atoms with Crippen molar-refractivity contribution < 1.29 is 19.4 Å². The van der Waals surface area contributed by atoms with E-state index in [0.29, 0.717) is 24.5 Å². The molecule has 5 nitrogen and oxygen atoms in total. The molecular weight excluding hydrogens is 318 g/mol. The number of carboxylic acids is 1. The number of nitrogens with one attached hydrogen (secondary N) is 1. The van der Waals surface area contributed by atoms with E-state index in [9.17, 15) is 9.59 Å². The Morgan fingerprint density at radius 3 is 2.52 bits per heavy atom. The predicted molar refractivity (Wildman–Crippen MR) is 97.0 cm³/mol. The number of benzene rings is 2. The Labute approximate surface area is 147 Å². The maximum absolute atomic E-state index is 12.3. The van der Waals surface area contributed by atoms with E-state index in [1.807, 2.05) is 43.3 Å². The number of hydrogen-bond donors (Lipinski definition) is 2. The van der Waals surface area contributed by atoms with Gasteiger partial charge in [0.1, 0.15) is 5.75 Å². The smallest absolute Gasteiger partial charge is 0.303 e. The minimum absolute atomic E-state index is 0.0482. The Balaban J connectivity index is 2.11. The second-order valence-electron chi connectivity index (χ2n) is 5.78. The van der Waals surface area contributed by atoms with Crippen molar-refractivity contribution in [3.8, 4) is 5.75 Å². The Morgan fingerprint density at radius 1 is 1.08 bits per heavy atom. The second kappa shape index (κ2) is 9.47. The highest BCUT2D eigenvalue weighted by Gasteiger charge is 2.11. The summed E-state index contributed by atoms with van der Waals surface area (Å²) >= 11 is 0. The van der Waals surface area contributed by atoms with Crippen LogP contribution in [0.15, 0.2) is 48.5 Å². The van der Waals surface area contributed by atoms with E-state index in [2.05, 4.69) is 5.32 Å². The summed E-state index contributed by atoms with van der Waals surface area (Å²) < 4.78 is 5.69. The van der Waals surface area contributed by atoms with E-state index in [4.69, 9.17) is 9.84 Å². The van der Waals surface area contributed by atoms with Crippen LogP contribution < -0.4 is 10.1 Å². The fraction of sp³-hybridized carbons (Fsp3) is 0.300. The molecule has 0 aromatic heterocycles. The lowest BCUT2D eigenvalue weighted by Crippen LogP contribution is -2.15. The van der Waals surface area contributed by atoms with Gasteiger partial charge in [0.2, 0.25) is 5.91 Å². The first-order valence-corrected chi connectivity index (χ1v) is 8.39. The van der Waals surface area contributed by atoms with Crippen LogP contribution in [0.2, 0.25) is 0 Å². The van der Waals surface area contributed by atoms with Crippen molar-refractivity contribution in [2.45, 2.75) is 32.6 Å². The van der Waals surface area contributed by atoms with Crippen LogP contribution in [0.1, 0.15) is 30.9 Å². The van der Waals surface area contributed by atoms with Crippen LogP contribution in [0.25, 0.3) is 0 Å². The second-order valence-corrected chi connectivity index (χ2v) is 5.78. The summed E-state index contributed by atoms with van der Waals surface area (Å²) in [7, 11) is 0. The molecule has 2 aromatic rings. The molecule has 0 fully saturated rings. The summed E-state index contributed by atoms with van der Waals surface area (Å²) in [5.41, 5.74) is 2.36. The number of rotatable bonds is 9. The Morgan fingerprint density at radius 2 is 1.84 bits per heavy atom. The molecule has 1 amide bonds. The maximum Gasteiger partial charge on any atom is 0.303 e. The molecule has 0 aliphatic rings. The highest BCUT2D eigenvalue weighted by atomic mass is 16.5. The monoisotopic (exact) mass is 341 g/mol. The highest BCUT2D eigenvalue weighted by Crippen LogP contribution is 2.27. The van der Waals surface area contributed by atoms with Gasteiger partial charge in [0.25, 0.3) is 0 Å². The molecule has 2 N–H and O–H groups in total. The quantitative estimate of drug-likeness (QED) is 0.729. The number of aryl methyl sites for hydroxylation is 1. The lowest BCUT2D eigenvalue weighted by molar-refractivity contribution is -0.137. The summed E-state index contributed by atoms with van der Waals surface area (Å²) in [6.45, 7) is 2.56. The van der Waals surface area contributed by atoms with Gasteiger partial charge in [0.15, 0.2) is 0 Å². The molecule has 132 valence electrons. The highest BCUT2D eigenvalue weighted by molar-refractivity contribution is 5.93. The predicted octanol–water partition coefficient (Wildman–Crippen LogP) is 3.67. The van der Waals surface area contributed by atoms with E-state index in [0.717, 1.165) is 17.5 Å². The van der Waals surface area contributed by atoms with Crippen molar-refractivity contribution in [2.75, 3.05) is 11.9 Å². The number of carbonyl (C=O) groups excluding carboxylic acids is 1. The van der Waals surface area contributed by atoms with Crippen molar-refractivity contribution in [2.24, 2.45) is 0 Å². The van der Waals surface area contributed by atoms with Crippen LogP contribution in [0, 0.1) is 0 Å². The van der Waals surface area contributed by atoms with Crippen LogP contribution in [-0.4, -0.2) is 23.6 Å². The molecular formula is C20H23NO4. The first-order chi connectivity index (χ1) is 12.1. The third-order valence-electron chi connectivity index (χ3n) is 3.61. The van der Waals surface area contributed by atoms with Gasteiger partial charge < -0.3 is 15.2 Å². The number of anilines is 1. The number of aliphatic carboxylic acids is 1. The molecule has 2 rings (SSSR count). The SMILES string of the molecule is CCCOc1ccc(CCC(=O)O)cc1NC(=O)Cc1ccccc1. The minimum atomic E-state index is -0.846. The lowest BCUT2D eigenvalue weighted by atomic mass is 10.1. The molecule has 0 atom stereocenters. The number of amides is 1. The fourth-order valence-electron chi connectivity index (χ4n) is 2.40. The van der Waals surface area contributed by atoms with Gasteiger partial charge in [-0.3, -0.25) is 9.59 Å². The average Bonchev–Trinajstić information content (AvgIpc) is 2.60. The van der Waals surface area contributed by atoms with Gasteiger partial charge in [-0.15, -0.1) is 0 Å². The van der Waals surface area contributed by atoms with Crippen molar-refractivity contribution in [3.05, 3.63) is 59.7 Å².